The molecule has 0 unspecified atom stereocenters. The summed E-state index contributed by atoms with van der Waals surface area (Å²) in [6, 6.07) is 11.9. The fourth-order valence-electron chi connectivity index (χ4n) is 7.07. The van der Waals surface area contributed by atoms with Crippen molar-refractivity contribution in [3.8, 4) is 34.1 Å². The van der Waals surface area contributed by atoms with Gasteiger partial charge in [-0.15, -0.1) is 20.5 Å². The van der Waals surface area contributed by atoms with Crippen molar-refractivity contribution in [2.24, 2.45) is 20.5 Å². The van der Waals surface area contributed by atoms with Gasteiger partial charge >= 0.3 is 0 Å². The van der Waals surface area contributed by atoms with Gasteiger partial charge in [-0.3, -0.25) is 23.1 Å². The van der Waals surface area contributed by atoms with E-state index in [1.165, 1.54) is 24.3 Å². The van der Waals surface area contributed by atoms with Crippen LogP contribution in [0, 0.1) is 0 Å². The third kappa shape index (κ3) is 18.1. The summed E-state index contributed by atoms with van der Waals surface area (Å²) in [5.74, 6) is -3.08. The van der Waals surface area contributed by atoms with Crippen molar-refractivity contribution >= 4 is 96.1 Å². The minimum atomic E-state index is -5.17. The van der Waals surface area contributed by atoms with Gasteiger partial charge in [-0.2, -0.15) is 33.7 Å². The molecule has 0 saturated carbocycles. The number of nitrogen functional groups attached to an aromatic ring is 2. The van der Waals surface area contributed by atoms with Crippen molar-refractivity contribution in [2.45, 2.75) is 19.6 Å². The number of hydrogen-bond acceptors (Lipinski definition) is 25. The molecule has 0 saturated heterocycles. The van der Waals surface area contributed by atoms with Gasteiger partial charge in [-0.25, -0.2) is 0 Å². The quantitative estimate of drug-likeness (QED) is 0.0135. The Balaban J connectivity index is 0.000000668. The monoisotopic (exact) mass is 1280 g/mol. The van der Waals surface area contributed by atoms with Crippen molar-refractivity contribution in [1.82, 2.24) is 4.90 Å². The number of aromatic hydroxyl groups is 4. The molecule has 79 heavy (non-hydrogen) atoms. The van der Waals surface area contributed by atoms with Gasteiger partial charge in [0, 0.05) is 75.9 Å². The number of azo groups is 2. The van der Waals surface area contributed by atoms with Gasteiger partial charge in [0.05, 0.1) is 69.3 Å². The Morgan fingerprint density at radius 3 is 1.05 bits per heavy atom. The van der Waals surface area contributed by atoms with Gasteiger partial charge in [0.2, 0.25) is 0 Å². The number of phenolic OH excluding ortho intramolecular Hbond substituents is 4. The van der Waals surface area contributed by atoms with Gasteiger partial charge < -0.3 is 61.4 Å². The number of aliphatic hydroxyl groups excluding tert-OH is 3. The van der Waals surface area contributed by atoms with Crippen LogP contribution in [0.3, 0.4) is 0 Å². The van der Waals surface area contributed by atoms with E-state index in [4.69, 9.17) is 41.0 Å². The standard InChI is InChI=1S/C32H24N6O16S4.C12H27NO6.2Cu/c33-19-11-17(55(43,44)45)5-15-9-25(57(49,50)51)29(31(41)27(15)19)37-35-21-3-1-13(7-23(21)39)14-2-4-22(24(40)8-14)36-38-30-26(58(52,53)54)10-16-6-18(56(46,47)48)12-20(34)28(16)32(30)42;14-4-10-17-7-1-13(2-8-18-11-5-15)3-9-19-12-6-16;;/h1-12,39-42H,33-34H2,(H,43,44,45)(H,46,47,48)(H,49,50,51)(H,52,53,54);14-16H,1-12H2;;. The van der Waals surface area contributed by atoms with Crippen LogP contribution < -0.4 is 11.5 Å². The van der Waals surface area contributed by atoms with Crippen LogP contribution in [-0.4, -0.2) is 172 Å². The van der Waals surface area contributed by atoms with E-state index in [1.54, 1.807) is 0 Å². The minimum Gasteiger partial charge on any atom is -0.506 e. The number of anilines is 2. The second kappa shape index (κ2) is 29.1. The molecule has 6 aromatic rings. The minimum absolute atomic E-state index is 0. The summed E-state index contributed by atoms with van der Waals surface area (Å²) in [5, 5.41) is 82.7. The maximum Gasteiger partial charge on any atom is 0.296 e. The predicted molar refractivity (Wildman–Crippen MR) is 273 cm³/mol. The molecule has 0 fully saturated rings. The summed E-state index contributed by atoms with van der Waals surface area (Å²) in [4.78, 5) is -1.45. The van der Waals surface area contributed by atoms with Crippen LogP contribution >= 0.6 is 0 Å². The zero-order valence-electron chi connectivity index (χ0n) is 40.5. The molecule has 6 rings (SSSR count). The number of ether oxygens (including phenoxy) is 3. The number of benzene rings is 6. The number of aliphatic hydroxyl groups is 3. The van der Waals surface area contributed by atoms with Crippen molar-refractivity contribution in [3.63, 3.8) is 0 Å². The summed E-state index contributed by atoms with van der Waals surface area (Å²) < 4.78 is 150. The molecule has 0 atom stereocenters. The maximum atomic E-state index is 12.2. The largest absolute Gasteiger partial charge is 0.506 e. The average molecular weight is 1290 g/mol. The number of hydrogen-bond donors (Lipinski definition) is 13. The van der Waals surface area contributed by atoms with Gasteiger partial charge in [0.1, 0.15) is 44.0 Å². The first-order chi connectivity index (χ1) is 36.1. The Hall–Kier alpha value is -5.76. The molecule has 15 N–H and O–H groups in total. The van der Waals surface area contributed by atoms with E-state index in [1.807, 2.05) is 0 Å². The van der Waals surface area contributed by atoms with Gasteiger partial charge in [0.15, 0.2) is 11.5 Å². The van der Waals surface area contributed by atoms with Crippen molar-refractivity contribution in [3.05, 3.63) is 72.8 Å². The summed E-state index contributed by atoms with van der Waals surface area (Å²) in [6.07, 6.45) is 0. The van der Waals surface area contributed by atoms with Crippen LogP contribution in [0.2, 0.25) is 0 Å². The normalized spacial score (nSPS) is 12.3. The molecule has 440 valence electrons. The van der Waals surface area contributed by atoms with Crippen LogP contribution in [0.5, 0.6) is 23.0 Å². The molecular formula is C44H51Cu2N7O22S4. The third-order valence-corrected chi connectivity index (χ3v) is 14.0. The molecule has 2 radical (unpaired) electrons. The zero-order valence-corrected chi connectivity index (χ0v) is 45.6. The van der Waals surface area contributed by atoms with Crippen LogP contribution in [0.4, 0.5) is 34.1 Å². The van der Waals surface area contributed by atoms with Crippen LogP contribution in [0.25, 0.3) is 32.7 Å². The summed E-state index contributed by atoms with van der Waals surface area (Å²) in [7, 11) is -20.0. The molecular weight excluding hydrogens is 1230 g/mol. The predicted octanol–water partition coefficient (Wildman–Crippen LogP) is 3.77. The number of nitrogens with two attached hydrogens (primary N) is 2. The zero-order chi connectivity index (χ0) is 57.0. The van der Waals surface area contributed by atoms with E-state index >= 15 is 0 Å². The van der Waals surface area contributed by atoms with Crippen LogP contribution in [-0.2, 0) is 88.8 Å². The first-order valence-electron chi connectivity index (χ1n) is 22.0. The second-order valence-electron chi connectivity index (χ2n) is 15.9. The van der Waals surface area contributed by atoms with Crippen LogP contribution in [0.1, 0.15) is 0 Å². The van der Waals surface area contributed by atoms with E-state index in [9.17, 15) is 72.3 Å². The number of phenols is 4. The average Bonchev–Trinajstić information content (AvgIpc) is 3.39. The Kier molecular flexibility index (Phi) is 24.9. The summed E-state index contributed by atoms with van der Waals surface area (Å²) in [5.41, 5.74) is 8.99. The Morgan fingerprint density at radius 2 is 0.772 bits per heavy atom. The van der Waals surface area contributed by atoms with E-state index in [0.717, 1.165) is 68.2 Å². The smallest absolute Gasteiger partial charge is 0.296 e. The first kappa shape index (κ1) is 67.5. The third-order valence-electron chi connectivity index (χ3n) is 10.6. The first-order valence-corrected chi connectivity index (χ1v) is 27.7. The van der Waals surface area contributed by atoms with Gasteiger partial charge in [-0.1, -0.05) is 12.1 Å². The maximum absolute atomic E-state index is 12.2. The van der Waals surface area contributed by atoms with Gasteiger partial charge in [-0.05, 0) is 82.6 Å². The number of fused-ring (bicyclic) bond motifs is 2. The topological polar surface area (TPSA) is 492 Å². The molecule has 0 aliphatic heterocycles. The molecule has 35 heteroatoms. The van der Waals surface area contributed by atoms with E-state index in [-0.39, 0.29) is 98.0 Å². The molecule has 0 spiro atoms. The van der Waals surface area contributed by atoms with Crippen molar-refractivity contribution in [1.29, 1.82) is 0 Å². The number of rotatable bonds is 24. The number of nitrogens with zero attached hydrogens (tertiary/aromatic N) is 5. The molecule has 0 heterocycles. The molecule has 6 aromatic carbocycles. The molecule has 0 aromatic heterocycles. The van der Waals surface area contributed by atoms with Crippen molar-refractivity contribution in [2.75, 3.05) is 90.6 Å². The molecule has 0 aliphatic carbocycles. The van der Waals surface area contributed by atoms with Crippen LogP contribution in [0.15, 0.2) is 113 Å². The Bertz CT molecular complexity index is 3430. The SMILES string of the molecule is Nc1cc(S(=O)(=O)O)cc2cc(S(=O)(=O)O)c(N=Nc3ccc(-c4ccc(N=Nc5c(S(=O)(=O)O)cc6cc(S(=O)(=O)O)cc(N)c6c5O)c(O)c4)cc3O)c(O)c12.OCCOCCN(CCOCCO)CCOCCO.[Cu].[Cu]. The van der Waals surface area contributed by atoms with E-state index < -0.39 is 106 Å². The van der Waals surface area contributed by atoms with E-state index in [0.29, 0.717) is 39.6 Å². The molecule has 29 nitrogen and oxygen atoms in total. The molecule has 0 amide bonds. The van der Waals surface area contributed by atoms with Crippen molar-refractivity contribution < 1.29 is 136 Å². The fourth-order valence-corrected chi connectivity index (χ4v) is 9.48. The Morgan fingerprint density at radius 1 is 0.443 bits per heavy atom. The molecule has 0 aliphatic rings. The van der Waals surface area contributed by atoms with Gasteiger partial charge in [0.25, 0.3) is 40.5 Å². The summed E-state index contributed by atoms with van der Waals surface area (Å²) >= 11 is 0. The summed E-state index contributed by atoms with van der Waals surface area (Å²) in [6.45, 7) is 4.92. The Labute approximate surface area is 471 Å². The fraction of sp³-hybridized carbons (Fsp3) is 0.273. The molecule has 0 bridgehead atoms. The second-order valence-corrected chi connectivity index (χ2v) is 21.5. The van der Waals surface area contributed by atoms with E-state index in [2.05, 4.69) is 25.4 Å².